The number of hydrazine groups is 1. The van der Waals surface area contributed by atoms with Crippen LogP contribution in [0.1, 0.15) is 55.8 Å². The lowest BCUT2D eigenvalue weighted by molar-refractivity contribution is -0.192. The molecule has 3 fully saturated rings. The summed E-state index contributed by atoms with van der Waals surface area (Å²) in [7, 11) is 0. The van der Waals surface area contributed by atoms with Crippen molar-refractivity contribution in [3.05, 3.63) is 35.9 Å². The molecular formula is C23H28N4O7. The Hall–Kier alpha value is -3.47. The predicted molar refractivity (Wildman–Crippen MR) is 116 cm³/mol. The number of amides is 4. The number of fused-ring (bicyclic) bond motifs is 1. The Morgan fingerprint density at radius 3 is 2.59 bits per heavy atom. The predicted octanol–water partition coefficient (Wildman–Crippen LogP) is 0.457. The summed E-state index contributed by atoms with van der Waals surface area (Å²) >= 11 is 0. The lowest BCUT2D eigenvalue weighted by Gasteiger charge is -2.50. The minimum atomic E-state index is -1.86. The van der Waals surface area contributed by atoms with Crippen molar-refractivity contribution in [3.8, 4) is 0 Å². The highest BCUT2D eigenvalue weighted by Crippen LogP contribution is 2.32. The maximum absolute atomic E-state index is 13.8. The van der Waals surface area contributed by atoms with E-state index in [2.05, 4.69) is 10.6 Å². The van der Waals surface area contributed by atoms with Gasteiger partial charge in [0.1, 0.15) is 6.04 Å². The van der Waals surface area contributed by atoms with E-state index in [0.29, 0.717) is 18.4 Å². The molecule has 1 aromatic rings. The second-order valence-corrected chi connectivity index (χ2v) is 8.46. The number of esters is 1. The number of carbonyl (C=O) groups is 5. The van der Waals surface area contributed by atoms with Gasteiger partial charge in [-0.15, -0.1) is 0 Å². The van der Waals surface area contributed by atoms with Crippen molar-refractivity contribution in [2.45, 2.75) is 63.4 Å². The quantitative estimate of drug-likeness (QED) is 0.574. The Morgan fingerprint density at radius 2 is 1.85 bits per heavy atom. The zero-order chi connectivity index (χ0) is 24.3. The summed E-state index contributed by atoms with van der Waals surface area (Å²) in [5, 5.41) is 7.87. The number of hydrogen-bond acceptors (Lipinski definition) is 7. The summed E-state index contributed by atoms with van der Waals surface area (Å²) in [6, 6.07) is 7.49. The van der Waals surface area contributed by atoms with E-state index >= 15 is 0 Å². The third-order valence-electron chi connectivity index (χ3n) is 6.16. The summed E-state index contributed by atoms with van der Waals surface area (Å²) < 4.78 is 10.6. The largest absolute Gasteiger partial charge is 0.433 e. The van der Waals surface area contributed by atoms with Gasteiger partial charge in [-0.1, -0.05) is 18.2 Å². The molecule has 0 saturated carbocycles. The molecule has 0 aromatic heterocycles. The fourth-order valence-corrected chi connectivity index (χ4v) is 4.59. The number of hydrogen-bond donors (Lipinski definition) is 2. The molecule has 3 saturated heterocycles. The molecule has 4 rings (SSSR count). The summed E-state index contributed by atoms with van der Waals surface area (Å²) in [6.45, 7) is 2.24. The summed E-state index contributed by atoms with van der Waals surface area (Å²) in [4.78, 5) is 64.9. The number of carbonyl (C=O) groups excluding carboxylic acids is 5. The van der Waals surface area contributed by atoms with Crippen molar-refractivity contribution in [3.63, 3.8) is 0 Å². The second-order valence-electron chi connectivity index (χ2n) is 8.46. The molecule has 3 unspecified atom stereocenters. The topological polar surface area (TPSA) is 134 Å². The maximum Gasteiger partial charge on any atom is 0.310 e. The van der Waals surface area contributed by atoms with Crippen molar-refractivity contribution in [2.75, 3.05) is 13.2 Å². The van der Waals surface area contributed by atoms with Crippen LogP contribution in [0, 0.1) is 0 Å². The van der Waals surface area contributed by atoms with Crippen LogP contribution in [-0.2, 0) is 28.7 Å². The number of rotatable bonds is 6. The third kappa shape index (κ3) is 4.47. The molecule has 3 atom stereocenters. The minimum Gasteiger partial charge on any atom is -0.433 e. The number of benzene rings is 1. The van der Waals surface area contributed by atoms with Crippen LogP contribution in [0.5, 0.6) is 0 Å². The molecule has 0 aliphatic carbocycles. The lowest BCUT2D eigenvalue weighted by atomic mass is 9.96. The highest BCUT2D eigenvalue weighted by atomic mass is 16.7. The number of cyclic esters (lactones) is 1. The van der Waals surface area contributed by atoms with E-state index < -0.39 is 41.7 Å². The van der Waals surface area contributed by atoms with E-state index in [4.69, 9.17) is 9.47 Å². The molecule has 11 nitrogen and oxygen atoms in total. The zero-order valence-corrected chi connectivity index (χ0v) is 19.0. The van der Waals surface area contributed by atoms with E-state index in [9.17, 15) is 24.0 Å². The molecule has 34 heavy (non-hydrogen) atoms. The molecule has 3 aliphatic heterocycles. The Labute approximate surface area is 196 Å². The third-order valence-corrected chi connectivity index (χ3v) is 6.16. The fourth-order valence-electron chi connectivity index (χ4n) is 4.59. The molecule has 0 bridgehead atoms. The second kappa shape index (κ2) is 9.80. The number of ether oxygens (including phenoxy) is 2. The van der Waals surface area contributed by atoms with Crippen LogP contribution < -0.4 is 10.6 Å². The van der Waals surface area contributed by atoms with Gasteiger partial charge in [-0.2, -0.15) is 0 Å². The van der Waals surface area contributed by atoms with Crippen LogP contribution in [0.4, 0.5) is 0 Å². The average Bonchev–Trinajstić information content (AvgIpc) is 3.09. The summed E-state index contributed by atoms with van der Waals surface area (Å²) in [5.41, 5.74) is -1.56. The van der Waals surface area contributed by atoms with Crippen molar-refractivity contribution in [1.82, 2.24) is 20.7 Å². The Morgan fingerprint density at radius 1 is 1.12 bits per heavy atom. The van der Waals surface area contributed by atoms with Gasteiger partial charge in [0.05, 0.1) is 6.42 Å². The van der Waals surface area contributed by atoms with Gasteiger partial charge in [0, 0.05) is 38.0 Å². The number of nitrogens with one attached hydrogen (secondary N) is 2. The van der Waals surface area contributed by atoms with Gasteiger partial charge < -0.3 is 20.1 Å². The van der Waals surface area contributed by atoms with E-state index in [1.807, 2.05) is 0 Å². The molecule has 2 N–H and O–H groups in total. The first kappa shape index (κ1) is 23.7. The summed E-state index contributed by atoms with van der Waals surface area (Å²) in [5.74, 6) is -2.53. The van der Waals surface area contributed by atoms with Gasteiger partial charge in [-0.3, -0.25) is 24.0 Å². The Kier molecular flexibility index (Phi) is 6.82. The Balaban J connectivity index is 1.71. The van der Waals surface area contributed by atoms with Crippen LogP contribution >= 0.6 is 0 Å². The number of nitrogens with zero attached hydrogens (tertiary/aromatic N) is 2. The van der Waals surface area contributed by atoms with Crippen LogP contribution in [-0.4, -0.2) is 70.8 Å². The maximum atomic E-state index is 13.8. The van der Waals surface area contributed by atoms with E-state index in [1.165, 1.54) is 5.01 Å². The van der Waals surface area contributed by atoms with Crippen LogP contribution in [0.3, 0.4) is 0 Å². The van der Waals surface area contributed by atoms with Gasteiger partial charge in [0.25, 0.3) is 11.8 Å². The SMILES string of the molecule is CCOC1OC(=O)CC1NC(=O)C1(NC(=O)c2ccccc2)CCCN2C(=O)CCCC(=O)N21. The lowest BCUT2D eigenvalue weighted by Crippen LogP contribution is -2.76. The monoisotopic (exact) mass is 472 g/mol. The van der Waals surface area contributed by atoms with Gasteiger partial charge in [-0.05, 0) is 31.9 Å². The Bertz CT molecular complexity index is 985. The first-order valence-corrected chi connectivity index (χ1v) is 11.5. The van der Waals surface area contributed by atoms with Crippen molar-refractivity contribution < 1.29 is 33.4 Å². The van der Waals surface area contributed by atoms with E-state index in [-0.39, 0.29) is 44.7 Å². The van der Waals surface area contributed by atoms with Gasteiger partial charge in [-0.25, -0.2) is 10.0 Å². The molecule has 0 radical (unpaired) electrons. The van der Waals surface area contributed by atoms with Crippen LogP contribution in [0.25, 0.3) is 0 Å². The minimum absolute atomic E-state index is 0.0606. The summed E-state index contributed by atoms with van der Waals surface area (Å²) in [6.07, 6.45) is -0.0396. The van der Waals surface area contributed by atoms with E-state index in [0.717, 1.165) is 5.01 Å². The first-order chi connectivity index (χ1) is 16.4. The van der Waals surface area contributed by atoms with Crippen molar-refractivity contribution >= 4 is 29.6 Å². The molecule has 4 amide bonds. The standard InChI is InChI=1S/C23H28N4O7/c1-2-33-21-16(14-19(30)34-21)24-22(32)23(25-20(31)15-8-4-3-5-9-15)12-7-13-26-17(28)10-6-11-18(29)27(23)26/h3-5,8-9,16,21H,2,6-7,10-14H2,1H3,(H,24,32)(H,25,31). The molecule has 3 aliphatic rings. The van der Waals surface area contributed by atoms with Crippen molar-refractivity contribution in [2.24, 2.45) is 0 Å². The molecule has 11 heteroatoms. The smallest absolute Gasteiger partial charge is 0.310 e. The van der Waals surface area contributed by atoms with Gasteiger partial charge in [0.2, 0.25) is 23.8 Å². The first-order valence-electron chi connectivity index (χ1n) is 11.5. The van der Waals surface area contributed by atoms with Crippen LogP contribution in [0.2, 0.25) is 0 Å². The molecule has 0 spiro atoms. The fraction of sp³-hybridized carbons (Fsp3) is 0.522. The van der Waals surface area contributed by atoms with Gasteiger partial charge >= 0.3 is 5.97 Å². The molecule has 182 valence electrons. The molecular weight excluding hydrogens is 444 g/mol. The zero-order valence-electron chi connectivity index (χ0n) is 19.0. The highest BCUT2D eigenvalue weighted by molar-refractivity contribution is 6.01. The van der Waals surface area contributed by atoms with Crippen molar-refractivity contribution in [1.29, 1.82) is 0 Å². The van der Waals surface area contributed by atoms with Crippen LogP contribution in [0.15, 0.2) is 30.3 Å². The average molecular weight is 472 g/mol. The molecule has 1 aromatic carbocycles. The molecule has 3 heterocycles. The van der Waals surface area contributed by atoms with Gasteiger partial charge in [0.15, 0.2) is 0 Å². The highest BCUT2D eigenvalue weighted by Gasteiger charge is 2.55. The normalized spacial score (nSPS) is 27.0. The van der Waals surface area contributed by atoms with E-state index in [1.54, 1.807) is 37.3 Å².